The van der Waals surface area contributed by atoms with Crippen molar-refractivity contribution in [2.24, 2.45) is 0 Å². The number of likely N-dealkylation sites (tertiary alicyclic amines) is 2. The summed E-state index contributed by atoms with van der Waals surface area (Å²) in [5.41, 5.74) is 3.13. The number of carbonyl (C=O) groups is 1. The number of amides is 1. The number of aromatic nitrogens is 2. The lowest BCUT2D eigenvalue weighted by Crippen LogP contribution is -2.45. The molecule has 4 rings (SSSR count). The summed E-state index contributed by atoms with van der Waals surface area (Å²) in [6.45, 7) is 6.34. The van der Waals surface area contributed by atoms with E-state index < -0.39 is 0 Å². The summed E-state index contributed by atoms with van der Waals surface area (Å²) in [6.07, 6.45) is 7.56. The highest BCUT2D eigenvalue weighted by Crippen LogP contribution is 2.28. The predicted molar refractivity (Wildman–Crippen MR) is 115 cm³/mol. The van der Waals surface area contributed by atoms with Crippen LogP contribution in [0.15, 0.2) is 36.5 Å². The Balaban J connectivity index is 1.41. The molecule has 2 aliphatic heterocycles. The van der Waals surface area contributed by atoms with Crippen molar-refractivity contribution in [3.8, 4) is 0 Å². The topological polar surface area (TPSA) is 61.4 Å². The van der Waals surface area contributed by atoms with E-state index in [-0.39, 0.29) is 0 Å². The summed E-state index contributed by atoms with van der Waals surface area (Å²) in [7, 11) is 0. The van der Waals surface area contributed by atoms with E-state index in [0.29, 0.717) is 18.4 Å². The minimum atomic E-state index is 0.292. The van der Waals surface area contributed by atoms with Crippen LogP contribution < -0.4 is 5.32 Å². The highest BCUT2D eigenvalue weighted by atomic mass is 16.2. The van der Waals surface area contributed by atoms with Crippen molar-refractivity contribution >= 4 is 17.4 Å². The monoisotopic (exact) mass is 393 g/mol. The third kappa shape index (κ3) is 5.32. The van der Waals surface area contributed by atoms with Crippen LogP contribution in [0.1, 0.15) is 49.4 Å². The van der Waals surface area contributed by atoms with Crippen LogP contribution in [0.2, 0.25) is 0 Å². The lowest BCUT2D eigenvalue weighted by Gasteiger charge is -2.34. The van der Waals surface area contributed by atoms with Crippen molar-refractivity contribution in [1.29, 1.82) is 0 Å². The molecule has 2 aromatic rings. The molecule has 2 saturated heterocycles. The Morgan fingerprint density at radius 1 is 1.14 bits per heavy atom. The number of anilines is 2. The lowest BCUT2D eigenvalue weighted by molar-refractivity contribution is -0.133. The molecule has 2 aliphatic rings. The Hall–Kier alpha value is -2.47. The highest BCUT2D eigenvalue weighted by molar-refractivity contribution is 5.78. The Kier molecular flexibility index (Phi) is 6.39. The van der Waals surface area contributed by atoms with Gasteiger partial charge in [-0.3, -0.25) is 14.7 Å². The molecular formula is C23H31N5O. The van der Waals surface area contributed by atoms with Gasteiger partial charge in [-0.05, 0) is 69.8 Å². The molecule has 2 aromatic heterocycles. The van der Waals surface area contributed by atoms with Crippen LogP contribution in [0, 0.1) is 6.92 Å². The SMILES string of the molecule is Cc1cc(Nc2ccccn2)cc([C@@H]2CCCN(CC(=O)N3CCCCC3)C2)n1. The average molecular weight is 394 g/mol. The molecule has 1 atom stereocenters. The molecule has 29 heavy (non-hydrogen) atoms. The van der Waals surface area contributed by atoms with Gasteiger partial charge in [0.25, 0.3) is 0 Å². The van der Waals surface area contributed by atoms with Gasteiger partial charge in [0.1, 0.15) is 5.82 Å². The summed E-state index contributed by atoms with van der Waals surface area (Å²) in [5, 5.41) is 3.39. The van der Waals surface area contributed by atoms with E-state index in [1.54, 1.807) is 6.20 Å². The van der Waals surface area contributed by atoms with Crippen LogP contribution in [0.4, 0.5) is 11.5 Å². The maximum Gasteiger partial charge on any atom is 0.236 e. The van der Waals surface area contributed by atoms with Gasteiger partial charge >= 0.3 is 0 Å². The molecule has 4 heterocycles. The van der Waals surface area contributed by atoms with Gasteiger partial charge in [0.2, 0.25) is 5.91 Å². The number of hydrogen-bond donors (Lipinski definition) is 1. The Morgan fingerprint density at radius 2 is 2.00 bits per heavy atom. The predicted octanol–water partition coefficient (Wildman–Crippen LogP) is 3.72. The molecular weight excluding hydrogens is 362 g/mol. The molecule has 0 aliphatic carbocycles. The molecule has 6 heteroatoms. The second kappa shape index (κ2) is 9.35. The van der Waals surface area contributed by atoms with Gasteiger partial charge in [0.15, 0.2) is 0 Å². The van der Waals surface area contributed by atoms with Crippen molar-refractivity contribution in [3.63, 3.8) is 0 Å². The molecule has 1 N–H and O–H groups in total. The Labute approximate surface area is 173 Å². The van der Waals surface area contributed by atoms with Crippen molar-refractivity contribution < 1.29 is 4.79 Å². The minimum Gasteiger partial charge on any atom is -0.342 e. The zero-order chi connectivity index (χ0) is 20.1. The third-order valence-electron chi connectivity index (χ3n) is 5.90. The van der Waals surface area contributed by atoms with E-state index in [1.165, 1.54) is 6.42 Å². The fraction of sp³-hybridized carbons (Fsp3) is 0.522. The first-order chi connectivity index (χ1) is 14.2. The maximum atomic E-state index is 12.7. The van der Waals surface area contributed by atoms with E-state index in [4.69, 9.17) is 4.98 Å². The number of carbonyl (C=O) groups excluding carboxylic acids is 1. The molecule has 1 amide bonds. The number of pyridine rings is 2. The highest BCUT2D eigenvalue weighted by Gasteiger charge is 2.26. The van der Waals surface area contributed by atoms with Crippen LogP contribution in [0.3, 0.4) is 0 Å². The van der Waals surface area contributed by atoms with Crippen molar-refractivity contribution in [2.45, 2.75) is 44.9 Å². The fourth-order valence-electron chi connectivity index (χ4n) is 4.44. The first-order valence-corrected chi connectivity index (χ1v) is 10.8. The average Bonchev–Trinajstić information content (AvgIpc) is 2.75. The van der Waals surface area contributed by atoms with E-state index in [1.807, 2.05) is 30.0 Å². The molecule has 6 nitrogen and oxygen atoms in total. The number of piperidine rings is 2. The molecule has 0 unspecified atom stereocenters. The molecule has 0 aromatic carbocycles. The summed E-state index contributed by atoms with van der Waals surface area (Å²) >= 11 is 0. The van der Waals surface area contributed by atoms with E-state index in [0.717, 1.165) is 74.8 Å². The largest absolute Gasteiger partial charge is 0.342 e. The summed E-state index contributed by atoms with van der Waals surface area (Å²) in [4.78, 5) is 26.2. The van der Waals surface area contributed by atoms with Gasteiger partial charge in [0.05, 0.1) is 6.54 Å². The second-order valence-electron chi connectivity index (χ2n) is 8.28. The first-order valence-electron chi connectivity index (χ1n) is 10.8. The number of rotatable bonds is 5. The van der Waals surface area contributed by atoms with Gasteiger partial charge in [0, 0.05) is 48.8 Å². The number of aryl methyl sites for hydroxylation is 1. The summed E-state index contributed by atoms with van der Waals surface area (Å²) in [5.74, 6) is 1.49. The van der Waals surface area contributed by atoms with Crippen LogP contribution in [-0.2, 0) is 4.79 Å². The van der Waals surface area contributed by atoms with Crippen molar-refractivity contribution in [1.82, 2.24) is 19.8 Å². The van der Waals surface area contributed by atoms with Crippen LogP contribution >= 0.6 is 0 Å². The molecule has 0 saturated carbocycles. The standard InChI is InChI=1S/C23H31N5O/c1-18-14-20(26-22-9-3-4-10-24-22)15-21(25-18)19-8-7-11-27(16-19)17-23(29)28-12-5-2-6-13-28/h3-4,9-10,14-15,19H,2,5-8,11-13,16-17H2,1H3,(H,24,25,26)/t19-/m1/s1. The van der Waals surface area contributed by atoms with Gasteiger partial charge < -0.3 is 10.2 Å². The third-order valence-corrected chi connectivity index (χ3v) is 5.90. The summed E-state index contributed by atoms with van der Waals surface area (Å²) in [6, 6.07) is 10.0. The maximum absolute atomic E-state index is 12.7. The van der Waals surface area contributed by atoms with Gasteiger partial charge in [-0.1, -0.05) is 6.07 Å². The van der Waals surface area contributed by atoms with Gasteiger partial charge in [-0.2, -0.15) is 0 Å². The quantitative estimate of drug-likeness (QED) is 0.839. The zero-order valence-electron chi connectivity index (χ0n) is 17.3. The Bertz CT molecular complexity index is 819. The van der Waals surface area contributed by atoms with Crippen LogP contribution in [0.25, 0.3) is 0 Å². The number of hydrogen-bond acceptors (Lipinski definition) is 5. The molecule has 0 radical (unpaired) electrons. The molecule has 2 fully saturated rings. The van der Waals surface area contributed by atoms with E-state index >= 15 is 0 Å². The molecule has 0 bridgehead atoms. The molecule has 154 valence electrons. The second-order valence-corrected chi connectivity index (χ2v) is 8.28. The fourth-order valence-corrected chi connectivity index (χ4v) is 4.44. The molecule has 0 spiro atoms. The van der Waals surface area contributed by atoms with Crippen LogP contribution in [0.5, 0.6) is 0 Å². The number of nitrogens with one attached hydrogen (secondary N) is 1. The van der Waals surface area contributed by atoms with Crippen molar-refractivity contribution in [3.05, 3.63) is 47.9 Å². The van der Waals surface area contributed by atoms with Crippen LogP contribution in [-0.4, -0.2) is 58.4 Å². The van der Waals surface area contributed by atoms with Gasteiger partial charge in [-0.25, -0.2) is 4.98 Å². The van der Waals surface area contributed by atoms with Gasteiger partial charge in [-0.15, -0.1) is 0 Å². The zero-order valence-corrected chi connectivity index (χ0v) is 17.3. The Morgan fingerprint density at radius 3 is 2.79 bits per heavy atom. The lowest BCUT2D eigenvalue weighted by atomic mass is 9.93. The van der Waals surface area contributed by atoms with E-state index in [9.17, 15) is 4.79 Å². The van der Waals surface area contributed by atoms with Crippen molar-refractivity contribution in [2.75, 3.05) is 38.0 Å². The first kappa shape index (κ1) is 19.8. The van der Waals surface area contributed by atoms with E-state index in [2.05, 4.69) is 27.3 Å². The number of nitrogens with zero attached hydrogens (tertiary/aromatic N) is 4. The summed E-state index contributed by atoms with van der Waals surface area (Å²) < 4.78 is 0. The minimum absolute atomic E-state index is 0.292. The normalized spacial score (nSPS) is 20.4. The smallest absolute Gasteiger partial charge is 0.236 e.